The molecule has 0 unspecified atom stereocenters. The Labute approximate surface area is 143 Å². The number of benzene rings is 2. The van der Waals surface area contributed by atoms with Crippen LogP contribution in [-0.2, 0) is 12.8 Å². The minimum absolute atomic E-state index is 0.155. The molecule has 1 fully saturated rings. The van der Waals surface area contributed by atoms with Gasteiger partial charge in [0.2, 0.25) is 0 Å². The van der Waals surface area contributed by atoms with Crippen LogP contribution >= 0.6 is 0 Å². The van der Waals surface area contributed by atoms with Crippen LogP contribution in [0.1, 0.15) is 43.2 Å². The van der Waals surface area contributed by atoms with Gasteiger partial charge in [-0.2, -0.15) is 0 Å². The Balaban J connectivity index is 1.45. The zero-order chi connectivity index (χ0) is 16.8. The van der Waals surface area contributed by atoms with Crippen molar-refractivity contribution in [2.75, 3.05) is 0 Å². The van der Waals surface area contributed by atoms with Crippen molar-refractivity contribution in [1.29, 1.82) is 0 Å². The van der Waals surface area contributed by atoms with E-state index in [1.807, 2.05) is 12.1 Å². The summed E-state index contributed by atoms with van der Waals surface area (Å²) in [6, 6.07) is 14.8. The first kappa shape index (κ1) is 17.1. The van der Waals surface area contributed by atoms with E-state index in [1.165, 1.54) is 31.4 Å². The third kappa shape index (κ3) is 5.13. The van der Waals surface area contributed by atoms with Crippen molar-refractivity contribution in [1.82, 2.24) is 5.32 Å². The van der Waals surface area contributed by atoms with Crippen LogP contribution in [0.2, 0.25) is 0 Å². The molecule has 1 aliphatic heterocycles. The number of aryl methyl sites for hydroxylation is 2. The Bertz CT molecular complexity index is 600. The van der Waals surface area contributed by atoms with Gasteiger partial charge in [0.1, 0.15) is 11.6 Å². The minimum atomic E-state index is -0.155. The van der Waals surface area contributed by atoms with E-state index in [9.17, 15) is 8.78 Å². The second kappa shape index (κ2) is 8.39. The van der Waals surface area contributed by atoms with Crippen molar-refractivity contribution in [3.8, 4) is 0 Å². The predicted octanol–water partition coefficient (Wildman–Crippen LogP) is 5.04. The van der Waals surface area contributed by atoms with Crippen molar-refractivity contribution in [2.24, 2.45) is 0 Å². The maximum atomic E-state index is 13.2. The van der Waals surface area contributed by atoms with E-state index in [2.05, 4.69) is 5.32 Å². The lowest BCUT2D eigenvalue weighted by molar-refractivity contribution is 0.297. The number of halogens is 2. The van der Waals surface area contributed by atoms with Crippen LogP contribution in [-0.4, -0.2) is 12.1 Å². The van der Waals surface area contributed by atoms with Gasteiger partial charge in [-0.05, 0) is 73.9 Å². The highest BCUT2D eigenvalue weighted by Gasteiger charge is 2.20. The molecule has 1 N–H and O–H groups in total. The van der Waals surface area contributed by atoms with Gasteiger partial charge in [-0.25, -0.2) is 8.78 Å². The molecule has 1 saturated heterocycles. The number of hydrogen-bond acceptors (Lipinski definition) is 1. The molecule has 2 aromatic carbocycles. The molecule has 128 valence electrons. The molecule has 0 radical (unpaired) electrons. The highest BCUT2D eigenvalue weighted by Crippen LogP contribution is 2.20. The Morgan fingerprint density at radius 1 is 0.792 bits per heavy atom. The second-order valence-corrected chi connectivity index (χ2v) is 6.83. The Morgan fingerprint density at radius 3 is 1.75 bits per heavy atom. The molecule has 3 heteroatoms. The third-order valence-electron chi connectivity index (χ3n) is 4.92. The largest absolute Gasteiger partial charge is 0.311 e. The van der Waals surface area contributed by atoms with E-state index in [-0.39, 0.29) is 11.6 Å². The van der Waals surface area contributed by atoms with Gasteiger partial charge in [0, 0.05) is 12.1 Å². The monoisotopic (exact) mass is 329 g/mol. The van der Waals surface area contributed by atoms with E-state index in [1.54, 1.807) is 24.3 Å². The van der Waals surface area contributed by atoms with Gasteiger partial charge >= 0.3 is 0 Å². The van der Waals surface area contributed by atoms with Crippen molar-refractivity contribution in [3.05, 3.63) is 71.3 Å². The second-order valence-electron chi connectivity index (χ2n) is 6.83. The summed E-state index contributed by atoms with van der Waals surface area (Å²) < 4.78 is 26.5. The van der Waals surface area contributed by atoms with Gasteiger partial charge in [-0.1, -0.05) is 30.7 Å². The molecular formula is C21H25F2N. The lowest BCUT2D eigenvalue weighted by atomic mass is 9.91. The Hall–Kier alpha value is -1.74. The van der Waals surface area contributed by atoms with Gasteiger partial charge in [-0.15, -0.1) is 0 Å². The fourth-order valence-electron chi connectivity index (χ4n) is 3.63. The van der Waals surface area contributed by atoms with Gasteiger partial charge in [0.05, 0.1) is 0 Å². The average molecular weight is 329 g/mol. The molecule has 1 nitrogen and oxygen atoms in total. The number of rotatable bonds is 6. The molecule has 0 aliphatic carbocycles. The fraction of sp³-hybridized carbons (Fsp3) is 0.429. The minimum Gasteiger partial charge on any atom is -0.311 e. The molecule has 0 spiro atoms. The number of nitrogens with one attached hydrogen (secondary N) is 1. The lowest BCUT2D eigenvalue weighted by Gasteiger charge is -2.31. The van der Waals surface area contributed by atoms with E-state index < -0.39 is 0 Å². The molecule has 2 aromatic rings. The molecule has 0 amide bonds. The highest BCUT2D eigenvalue weighted by atomic mass is 19.1. The zero-order valence-electron chi connectivity index (χ0n) is 14.0. The van der Waals surface area contributed by atoms with Crippen LogP contribution in [0.5, 0.6) is 0 Å². The summed E-state index contributed by atoms with van der Waals surface area (Å²) in [7, 11) is 0. The molecule has 0 saturated carbocycles. The summed E-state index contributed by atoms with van der Waals surface area (Å²) in [5, 5.41) is 3.74. The van der Waals surface area contributed by atoms with Crippen molar-refractivity contribution < 1.29 is 8.78 Å². The first-order chi connectivity index (χ1) is 11.7. The van der Waals surface area contributed by atoms with Crippen molar-refractivity contribution >= 4 is 0 Å². The summed E-state index contributed by atoms with van der Waals surface area (Å²) in [6.07, 6.45) is 7.50. The van der Waals surface area contributed by atoms with E-state index in [0.29, 0.717) is 12.1 Å². The van der Waals surface area contributed by atoms with E-state index in [4.69, 9.17) is 0 Å². The lowest BCUT2D eigenvalue weighted by Crippen LogP contribution is -2.42. The van der Waals surface area contributed by atoms with Gasteiger partial charge < -0.3 is 5.32 Å². The summed E-state index contributed by atoms with van der Waals surface area (Å²) in [5.41, 5.74) is 2.14. The standard InChI is InChI=1S/C21H25F2N/c22-18-6-1-4-16(14-18)10-12-20-8-3-9-21(24-20)13-11-17-5-2-7-19(23)15-17/h1-2,4-7,14-15,20-21,24H,3,8-13H2/t20-,21+. The quantitative estimate of drug-likeness (QED) is 0.783. The van der Waals surface area contributed by atoms with Crippen molar-refractivity contribution in [2.45, 2.75) is 57.0 Å². The predicted molar refractivity (Wildman–Crippen MR) is 94.0 cm³/mol. The summed E-state index contributed by atoms with van der Waals surface area (Å²) in [6.45, 7) is 0. The zero-order valence-corrected chi connectivity index (χ0v) is 14.0. The summed E-state index contributed by atoms with van der Waals surface area (Å²) in [4.78, 5) is 0. The Morgan fingerprint density at radius 2 is 1.29 bits per heavy atom. The van der Waals surface area contributed by atoms with Crippen LogP contribution in [0.15, 0.2) is 48.5 Å². The SMILES string of the molecule is Fc1cccc(CC[C@H]2CCC[C@@H](CCc3cccc(F)c3)N2)c1. The van der Waals surface area contributed by atoms with E-state index in [0.717, 1.165) is 36.8 Å². The first-order valence-corrected chi connectivity index (χ1v) is 8.94. The van der Waals surface area contributed by atoms with Crippen LogP contribution in [0.25, 0.3) is 0 Å². The summed E-state index contributed by atoms with van der Waals surface area (Å²) in [5.74, 6) is -0.311. The maximum Gasteiger partial charge on any atom is 0.123 e. The van der Waals surface area contributed by atoms with Crippen LogP contribution in [0.4, 0.5) is 8.78 Å². The van der Waals surface area contributed by atoms with Crippen molar-refractivity contribution in [3.63, 3.8) is 0 Å². The summed E-state index contributed by atoms with van der Waals surface area (Å²) >= 11 is 0. The van der Waals surface area contributed by atoms with Gasteiger partial charge in [0.25, 0.3) is 0 Å². The normalized spacial score (nSPS) is 20.9. The van der Waals surface area contributed by atoms with Crippen LogP contribution in [0.3, 0.4) is 0 Å². The topological polar surface area (TPSA) is 12.0 Å². The number of hydrogen-bond donors (Lipinski definition) is 1. The molecule has 0 aromatic heterocycles. The highest BCUT2D eigenvalue weighted by molar-refractivity contribution is 5.17. The molecule has 0 bridgehead atoms. The molecule has 24 heavy (non-hydrogen) atoms. The molecule has 2 atom stereocenters. The average Bonchev–Trinajstić information content (AvgIpc) is 2.59. The van der Waals surface area contributed by atoms with Crippen LogP contribution in [0, 0.1) is 11.6 Å². The Kier molecular flexibility index (Phi) is 5.97. The number of piperidine rings is 1. The van der Waals surface area contributed by atoms with Gasteiger partial charge in [0.15, 0.2) is 0 Å². The first-order valence-electron chi connectivity index (χ1n) is 8.94. The maximum absolute atomic E-state index is 13.2. The van der Waals surface area contributed by atoms with Crippen LogP contribution < -0.4 is 5.32 Å². The van der Waals surface area contributed by atoms with Gasteiger partial charge in [-0.3, -0.25) is 0 Å². The molecular weight excluding hydrogens is 304 g/mol. The molecule has 1 aliphatic rings. The third-order valence-corrected chi connectivity index (χ3v) is 4.92. The molecule has 3 rings (SSSR count). The van der Waals surface area contributed by atoms with E-state index >= 15 is 0 Å². The molecule has 1 heterocycles. The smallest absolute Gasteiger partial charge is 0.123 e. The fourth-order valence-corrected chi connectivity index (χ4v) is 3.63.